The van der Waals surface area contributed by atoms with Crippen LogP contribution in [0.5, 0.6) is 5.75 Å². The Hall–Kier alpha value is -5.18. The number of alkyl halides is 5. The second-order valence-corrected chi connectivity index (χ2v) is 13.8. The standard InChI is InChI=1S/C39H36F7N3O5/c1-21-4-3-5-31-34(21)25-14-22(2)35(41)27(16-25)30(18-33(51)52)47-37(53)36(26-15-23(20-54-31)6-7-29(26)40)49-19-24(28(17-32(49)50)39(44,45)46)8-11-48-12-9-38(42,43)10-13-48/h3-7,14-17,19,30,36H,8-13,18,20H2,1-2H3,(H,47,53)(H,51,52). The number of benzene rings is 3. The number of carbonyl (C=O) groups is 2. The van der Waals surface area contributed by atoms with Crippen LogP contribution in [0.25, 0.3) is 11.1 Å². The number of rotatable bonds is 6. The van der Waals surface area contributed by atoms with Crippen LogP contribution >= 0.6 is 0 Å². The molecule has 2 aliphatic rings. The molecule has 2 atom stereocenters. The highest BCUT2D eigenvalue weighted by molar-refractivity contribution is 5.85. The molecule has 0 saturated carbocycles. The number of pyridine rings is 1. The molecule has 4 aromatic rings. The Labute approximate surface area is 305 Å². The van der Waals surface area contributed by atoms with Crippen molar-refractivity contribution in [3.05, 3.63) is 122 Å². The van der Waals surface area contributed by atoms with Gasteiger partial charge in [-0.15, -0.1) is 0 Å². The molecular weight excluding hydrogens is 723 g/mol. The Morgan fingerprint density at radius 3 is 2.39 bits per heavy atom. The van der Waals surface area contributed by atoms with Crippen LogP contribution in [0.3, 0.4) is 0 Å². The van der Waals surface area contributed by atoms with Crippen molar-refractivity contribution in [1.29, 1.82) is 0 Å². The zero-order valence-corrected chi connectivity index (χ0v) is 29.2. The average Bonchev–Trinajstić information content (AvgIpc) is 3.09. The van der Waals surface area contributed by atoms with E-state index in [2.05, 4.69) is 5.32 Å². The molecule has 0 spiro atoms. The molecule has 8 nitrogen and oxygen atoms in total. The Bertz CT molecular complexity index is 2160. The molecule has 6 rings (SSSR count). The fourth-order valence-electron chi connectivity index (χ4n) is 7.10. The second-order valence-electron chi connectivity index (χ2n) is 13.8. The topological polar surface area (TPSA) is 101 Å². The number of hydrogen-bond acceptors (Lipinski definition) is 5. The summed E-state index contributed by atoms with van der Waals surface area (Å²) in [6.45, 7) is 2.81. The molecule has 286 valence electrons. The maximum atomic E-state index is 16.0. The minimum Gasteiger partial charge on any atom is -0.488 e. The second kappa shape index (κ2) is 14.9. The molecule has 1 aromatic heterocycles. The molecule has 3 aromatic carbocycles. The number of nitrogens with one attached hydrogen (secondary N) is 1. The van der Waals surface area contributed by atoms with E-state index in [0.717, 1.165) is 17.8 Å². The van der Waals surface area contributed by atoms with Gasteiger partial charge in [0.1, 0.15) is 30.0 Å². The number of fused-ring (bicyclic) bond motifs is 6. The number of piperidine rings is 1. The van der Waals surface area contributed by atoms with Crippen molar-refractivity contribution in [2.45, 2.75) is 70.3 Å². The van der Waals surface area contributed by atoms with Crippen molar-refractivity contribution >= 4 is 11.9 Å². The van der Waals surface area contributed by atoms with Gasteiger partial charge < -0.3 is 20.1 Å². The van der Waals surface area contributed by atoms with Gasteiger partial charge in [-0.2, -0.15) is 13.2 Å². The summed E-state index contributed by atoms with van der Waals surface area (Å²) < 4.78 is 109. The third kappa shape index (κ3) is 8.15. The van der Waals surface area contributed by atoms with Crippen LogP contribution in [0.15, 0.2) is 65.6 Å². The molecular formula is C39H36F7N3O5. The summed E-state index contributed by atoms with van der Waals surface area (Å²) in [7, 11) is 0. The number of amides is 1. The number of likely N-dealkylation sites (tertiary alicyclic amines) is 1. The lowest BCUT2D eigenvalue weighted by Crippen LogP contribution is -2.42. The fourth-order valence-corrected chi connectivity index (χ4v) is 7.10. The molecule has 1 saturated heterocycles. The summed E-state index contributed by atoms with van der Waals surface area (Å²) in [4.78, 5) is 41.7. The predicted octanol–water partition coefficient (Wildman–Crippen LogP) is 7.52. The number of nitrogens with zero attached hydrogens (tertiary/aromatic N) is 2. The molecule has 0 aliphatic carbocycles. The summed E-state index contributed by atoms with van der Waals surface area (Å²) in [5.41, 5.74) is -1.68. The summed E-state index contributed by atoms with van der Waals surface area (Å²) in [6, 6.07) is 8.33. The van der Waals surface area contributed by atoms with Crippen molar-refractivity contribution in [3.8, 4) is 16.9 Å². The van der Waals surface area contributed by atoms with Crippen molar-refractivity contribution < 1.29 is 50.2 Å². The van der Waals surface area contributed by atoms with Gasteiger partial charge >= 0.3 is 12.1 Å². The Balaban J connectivity index is 1.52. The van der Waals surface area contributed by atoms with Gasteiger partial charge in [-0.25, -0.2) is 17.6 Å². The van der Waals surface area contributed by atoms with Gasteiger partial charge in [-0.1, -0.05) is 18.2 Å². The van der Waals surface area contributed by atoms with E-state index in [1.807, 2.05) is 0 Å². The zero-order chi connectivity index (χ0) is 39.1. The van der Waals surface area contributed by atoms with E-state index in [0.29, 0.717) is 27.0 Å². The number of carbonyl (C=O) groups excluding carboxylic acids is 1. The molecule has 3 heterocycles. The smallest absolute Gasteiger partial charge is 0.416 e. The number of aliphatic carboxylic acids is 1. The van der Waals surface area contributed by atoms with Crippen molar-refractivity contribution in [3.63, 3.8) is 0 Å². The Morgan fingerprint density at radius 1 is 0.981 bits per heavy atom. The van der Waals surface area contributed by atoms with Gasteiger partial charge in [0, 0.05) is 61.4 Å². The number of aromatic nitrogens is 1. The van der Waals surface area contributed by atoms with Gasteiger partial charge in [0.2, 0.25) is 5.91 Å². The van der Waals surface area contributed by atoms with E-state index in [-0.39, 0.29) is 49.9 Å². The van der Waals surface area contributed by atoms with Crippen LogP contribution in [0.4, 0.5) is 30.7 Å². The van der Waals surface area contributed by atoms with Crippen LogP contribution < -0.4 is 15.6 Å². The summed E-state index contributed by atoms with van der Waals surface area (Å²) in [6.07, 6.45) is -6.44. The molecule has 2 unspecified atom stereocenters. The summed E-state index contributed by atoms with van der Waals surface area (Å²) >= 11 is 0. The normalized spacial score (nSPS) is 18.9. The first-order valence-electron chi connectivity index (χ1n) is 17.2. The number of hydrogen-bond donors (Lipinski definition) is 2. The van der Waals surface area contributed by atoms with Crippen LogP contribution in [0.2, 0.25) is 0 Å². The number of carboxylic acid groups (broad SMARTS) is 1. The number of aryl methyl sites for hydroxylation is 2. The van der Waals surface area contributed by atoms with Gasteiger partial charge in [0.25, 0.3) is 11.5 Å². The minimum atomic E-state index is -5.03. The molecule has 0 radical (unpaired) electrons. The van der Waals surface area contributed by atoms with Crippen molar-refractivity contribution in [2.75, 3.05) is 19.6 Å². The number of ether oxygens (including phenoxy) is 1. The molecule has 54 heavy (non-hydrogen) atoms. The largest absolute Gasteiger partial charge is 0.488 e. The molecule has 1 fully saturated rings. The van der Waals surface area contributed by atoms with Gasteiger partial charge in [0.05, 0.1) is 18.0 Å². The first-order chi connectivity index (χ1) is 25.4. The zero-order valence-electron chi connectivity index (χ0n) is 29.2. The third-order valence-electron chi connectivity index (χ3n) is 9.91. The van der Waals surface area contributed by atoms with Gasteiger partial charge in [0.15, 0.2) is 0 Å². The van der Waals surface area contributed by atoms with Crippen LogP contribution in [-0.2, 0) is 28.8 Å². The third-order valence-corrected chi connectivity index (χ3v) is 9.91. The first-order valence-corrected chi connectivity index (χ1v) is 17.2. The molecule has 2 aliphatic heterocycles. The van der Waals surface area contributed by atoms with Gasteiger partial charge in [-0.05, 0) is 78.4 Å². The van der Waals surface area contributed by atoms with E-state index < -0.39 is 89.2 Å². The first kappa shape index (κ1) is 38.5. The summed E-state index contributed by atoms with van der Waals surface area (Å²) in [5.74, 6) is -7.07. The quantitative estimate of drug-likeness (QED) is 0.198. The van der Waals surface area contributed by atoms with Crippen LogP contribution in [0, 0.1) is 25.5 Å². The van der Waals surface area contributed by atoms with E-state index in [9.17, 15) is 41.4 Å². The average molecular weight is 760 g/mol. The van der Waals surface area contributed by atoms with E-state index in [4.69, 9.17) is 4.74 Å². The van der Waals surface area contributed by atoms with Gasteiger partial charge in [-0.3, -0.25) is 19.0 Å². The molecule has 2 N–H and O–H groups in total. The lowest BCUT2D eigenvalue weighted by atomic mass is 9.91. The molecule has 1 amide bonds. The predicted molar refractivity (Wildman–Crippen MR) is 183 cm³/mol. The highest BCUT2D eigenvalue weighted by Gasteiger charge is 2.38. The van der Waals surface area contributed by atoms with E-state index >= 15 is 8.78 Å². The lowest BCUT2D eigenvalue weighted by Gasteiger charge is -2.32. The van der Waals surface area contributed by atoms with Crippen LogP contribution in [-0.4, -0.2) is 52.0 Å². The molecule has 15 heteroatoms. The SMILES string of the molecule is Cc1cc2cc(c1F)C(CC(=O)O)NC(=O)C(n1cc(CCN3CCC(F)(F)CC3)c(C(F)(F)F)cc1=O)c1cc(ccc1F)COc1cccc(C)c1-2. The highest BCUT2D eigenvalue weighted by atomic mass is 19.4. The number of carboxylic acids is 1. The maximum Gasteiger partial charge on any atom is 0.416 e. The molecule has 4 bridgehead atoms. The number of halogens is 7. The highest BCUT2D eigenvalue weighted by Crippen LogP contribution is 2.39. The lowest BCUT2D eigenvalue weighted by molar-refractivity contribution is -0.139. The maximum absolute atomic E-state index is 16.0. The van der Waals surface area contributed by atoms with Crippen molar-refractivity contribution in [2.24, 2.45) is 0 Å². The minimum absolute atomic E-state index is 0.0780. The Morgan fingerprint density at radius 2 is 1.70 bits per heavy atom. The van der Waals surface area contributed by atoms with E-state index in [1.54, 1.807) is 30.0 Å². The summed E-state index contributed by atoms with van der Waals surface area (Å²) in [5, 5.41) is 12.3. The monoisotopic (exact) mass is 759 g/mol. The van der Waals surface area contributed by atoms with Crippen LogP contribution in [0.1, 0.15) is 70.3 Å². The van der Waals surface area contributed by atoms with E-state index in [1.165, 1.54) is 31.2 Å². The fraction of sp³-hybridized carbons (Fsp3) is 0.359. The Kier molecular flexibility index (Phi) is 10.6. The van der Waals surface area contributed by atoms with Crippen molar-refractivity contribution in [1.82, 2.24) is 14.8 Å².